The van der Waals surface area contributed by atoms with Crippen molar-refractivity contribution < 1.29 is 18.3 Å². The van der Waals surface area contributed by atoms with E-state index in [0.717, 1.165) is 6.42 Å². The van der Waals surface area contributed by atoms with Crippen LogP contribution in [0.3, 0.4) is 0 Å². The lowest BCUT2D eigenvalue weighted by molar-refractivity contribution is -0.139. The summed E-state index contributed by atoms with van der Waals surface area (Å²) in [4.78, 5) is 11.0. The van der Waals surface area contributed by atoms with Gasteiger partial charge in [0.05, 0.1) is 16.5 Å². The first-order chi connectivity index (χ1) is 9.80. The average molecular weight is 375 g/mol. The highest BCUT2D eigenvalue weighted by molar-refractivity contribution is 9.10. The number of benzene rings is 1. The van der Waals surface area contributed by atoms with E-state index in [1.165, 1.54) is 18.2 Å². The summed E-state index contributed by atoms with van der Waals surface area (Å²) < 4.78 is 27.0. The van der Waals surface area contributed by atoms with Gasteiger partial charge in [-0.15, -0.1) is 0 Å². The number of halogens is 1. The molecule has 1 aromatic carbocycles. The van der Waals surface area contributed by atoms with Crippen LogP contribution in [-0.4, -0.2) is 25.5 Å². The summed E-state index contributed by atoms with van der Waals surface area (Å²) >= 11 is 3.12. The number of nitrogens with zero attached hydrogens (tertiary/aromatic N) is 1. The van der Waals surface area contributed by atoms with Crippen molar-refractivity contribution in [2.45, 2.75) is 37.1 Å². The van der Waals surface area contributed by atoms with Crippen LogP contribution in [0.1, 0.15) is 31.7 Å². The molecular weight excluding hydrogens is 360 g/mol. The molecule has 0 aliphatic carbocycles. The number of rotatable bonds is 7. The molecule has 0 saturated heterocycles. The molecule has 0 fully saturated rings. The minimum atomic E-state index is -4.00. The molecule has 1 atom stereocenters. The predicted octanol–water partition coefficient (Wildman–Crippen LogP) is 2.24. The fourth-order valence-electron chi connectivity index (χ4n) is 1.68. The number of nitriles is 1. The van der Waals surface area contributed by atoms with Gasteiger partial charge in [0, 0.05) is 4.47 Å². The second kappa shape index (κ2) is 7.54. The van der Waals surface area contributed by atoms with Crippen LogP contribution in [0, 0.1) is 11.3 Å². The van der Waals surface area contributed by atoms with E-state index in [0.29, 0.717) is 10.9 Å². The molecule has 1 aromatic rings. The molecule has 0 bridgehead atoms. The molecule has 0 aromatic heterocycles. The molecule has 114 valence electrons. The first-order valence-corrected chi connectivity index (χ1v) is 8.53. The van der Waals surface area contributed by atoms with Gasteiger partial charge in [-0.3, -0.25) is 4.79 Å². The molecule has 0 heterocycles. The molecule has 2 N–H and O–H groups in total. The molecule has 6 nitrogen and oxygen atoms in total. The Kier molecular flexibility index (Phi) is 6.33. The van der Waals surface area contributed by atoms with E-state index in [4.69, 9.17) is 10.4 Å². The number of nitrogens with one attached hydrogen (secondary N) is 1. The Balaban J connectivity index is 3.07. The lowest BCUT2D eigenvalue weighted by Crippen LogP contribution is -2.40. The smallest absolute Gasteiger partial charge is 0.321 e. The Labute approximate surface area is 132 Å². The fourth-order valence-corrected chi connectivity index (χ4v) is 3.62. The van der Waals surface area contributed by atoms with E-state index >= 15 is 0 Å². The first kappa shape index (κ1) is 17.6. The SMILES string of the molecule is CCCCC(NS(=O)(=O)c1cc(Br)cc(C#N)c1)C(=O)O. The van der Waals surface area contributed by atoms with E-state index in [9.17, 15) is 13.2 Å². The van der Waals surface area contributed by atoms with Crippen LogP contribution in [0.2, 0.25) is 0 Å². The number of carboxylic acid groups (broad SMARTS) is 1. The minimum absolute atomic E-state index is 0.142. The van der Waals surface area contributed by atoms with E-state index in [2.05, 4.69) is 20.7 Å². The lowest BCUT2D eigenvalue weighted by atomic mass is 10.1. The number of carboxylic acids is 1. The third kappa shape index (κ3) is 5.12. The van der Waals surface area contributed by atoms with Crippen molar-refractivity contribution in [1.82, 2.24) is 4.72 Å². The molecule has 8 heteroatoms. The Morgan fingerprint density at radius 2 is 2.14 bits per heavy atom. The quantitative estimate of drug-likeness (QED) is 0.760. The largest absolute Gasteiger partial charge is 0.480 e. The predicted molar refractivity (Wildman–Crippen MR) is 80.1 cm³/mol. The van der Waals surface area contributed by atoms with Crippen molar-refractivity contribution >= 4 is 31.9 Å². The van der Waals surface area contributed by atoms with Crippen molar-refractivity contribution in [3.63, 3.8) is 0 Å². The Bertz CT molecular complexity index is 667. The van der Waals surface area contributed by atoms with Crippen LogP contribution in [-0.2, 0) is 14.8 Å². The van der Waals surface area contributed by atoms with Crippen molar-refractivity contribution in [3.05, 3.63) is 28.2 Å². The maximum atomic E-state index is 12.2. The third-order valence-electron chi connectivity index (χ3n) is 2.75. The van der Waals surface area contributed by atoms with Crippen LogP contribution in [0.15, 0.2) is 27.6 Å². The van der Waals surface area contributed by atoms with Gasteiger partial charge in [0.2, 0.25) is 10.0 Å². The van der Waals surface area contributed by atoms with Gasteiger partial charge < -0.3 is 5.11 Å². The summed E-state index contributed by atoms with van der Waals surface area (Å²) in [6.07, 6.45) is 1.58. The zero-order valence-electron chi connectivity index (χ0n) is 11.3. The van der Waals surface area contributed by atoms with Gasteiger partial charge in [-0.1, -0.05) is 35.7 Å². The van der Waals surface area contributed by atoms with Crippen LogP contribution >= 0.6 is 15.9 Å². The molecule has 0 aliphatic rings. The van der Waals surface area contributed by atoms with Gasteiger partial charge in [0.1, 0.15) is 6.04 Å². The second-order valence-corrected chi connectivity index (χ2v) is 7.07. The van der Waals surface area contributed by atoms with Gasteiger partial charge >= 0.3 is 5.97 Å². The fraction of sp³-hybridized carbons (Fsp3) is 0.385. The van der Waals surface area contributed by atoms with Crippen LogP contribution < -0.4 is 4.72 Å². The van der Waals surface area contributed by atoms with Gasteiger partial charge in [-0.25, -0.2) is 8.42 Å². The highest BCUT2D eigenvalue weighted by Crippen LogP contribution is 2.20. The summed E-state index contributed by atoms with van der Waals surface area (Å²) in [5.74, 6) is -1.22. The van der Waals surface area contributed by atoms with E-state index in [1.54, 1.807) is 0 Å². The zero-order chi connectivity index (χ0) is 16.0. The third-order valence-corrected chi connectivity index (χ3v) is 4.66. The highest BCUT2D eigenvalue weighted by atomic mass is 79.9. The monoisotopic (exact) mass is 374 g/mol. The van der Waals surface area contributed by atoms with Crippen LogP contribution in [0.25, 0.3) is 0 Å². The second-order valence-electron chi connectivity index (χ2n) is 4.44. The van der Waals surface area contributed by atoms with Crippen LogP contribution in [0.5, 0.6) is 0 Å². The summed E-state index contributed by atoms with van der Waals surface area (Å²) in [7, 11) is -4.00. The maximum absolute atomic E-state index is 12.2. The number of carbonyl (C=O) groups is 1. The molecule has 0 saturated carbocycles. The van der Waals surface area contributed by atoms with Gasteiger partial charge in [0.25, 0.3) is 0 Å². The summed E-state index contributed by atoms with van der Waals surface area (Å²) in [6, 6.07) is 4.67. The summed E-state index contributed by atoms with van der Waals surface area (Å²) in [5, 5.41) is 17.9. The molecule has 0 aliphatic heterocycles. The topological polar surface area (TPSA) is 107 Å². The van der Waals surface area contributed by atoms with Crippen molar-refractivity contribution in [2.75, 3.05) is 0 Å². The Morgan fingerprint density at radius 3 is 2.67 bits per heavy atom. The van der Waals surface area contributed by atoms with Crippen molar-refractivity contribution in [2.24, 2.45) is 0 Å². The normalized spacial score (nSPS) is 12.6. The number of hydrogen-bond donors (Lipinski definition) is 2. The standard InChI is InChI=1S/C13H15BrN2O4S/c1-2-3-4-12(13(17)18)16-21(19,20)11-6-9(8-15)5-10(14)7-11/h5-7,12,16H,2-4H2,1H3,(H,17,18). The minimum Gasteiger partial charge on any atom is -0.480 e. The first-order valence-electron chi connectivity index (χ1n) is 6.26. The summed E-state index contributed by atoms with van der Waals surface area (Å²) in [5.41, 5.74) is 0.171. The highest BCUT2D eigenvalue weighted by Gasteiger charge is 2.25. The Hall–Kier alpha value is -1.43. The number of unbranched alkanes of at least 4 members (excludes halogenated alkanes) is 1. The van der Waals surface area contributed by atoms with Crippen LogP contribution in [0.4, 0.5) is 0 Å². The van der Waals surface area contributed by atoms with E-state index in [-0.39, 0.29) is 16.9 Å². The zero-order valence-corrected chi connectivity index (χ0v) is 13.7. The molecule has 1 rings (SSSR count). The molecular formula is C13H15BrN2O4S. The molecule has 0 spiro atoms. The van der Waals surface area contributed by atoms with Gasteiger partial charge in [0.15, 0.2) is 0 Å². The van der Waals surface area contributed by atoms with E-state index < -0.39 is 22.0 Å². The number of hydrogen-bond acceptors (Lipinski definition) is 4. The average Bonchev–Trinajstić information content (AvgIpc) is 2.42. The molecule has 0 radical (unpaired) electrons. The molecule has 1 unspecified atom stereocenters. The summed E-state index contributed by atoms with van der Waals surface area (Å²) in [6.45, 7) is 1.89. The number of sulfonamides is 1. The molecule has 21 heavy (non-hydrogen) atoms. The van der Waals surface area contributed by atoms with Crippen molar-refractivity contribution in [3.8, 4) is 6.07 Å². The lowest BCUT2D eigenvalue weighted by Gasteiger charge is -2.14. The maximum Gasteiger partial charge on any atom is 0.321 e. The molecule has 0 amide bonds. The van der Waals surface area contributed by atoms with Gasteiger partial charge in [-0.05, 0) is 24.6 Å². The van der Waals surface area contributed by atoms with Gasteiger partial charge in [-0.2, -0.15) is 9.98 Å². The van der Waals surface area contributed by atoms with E-state index in [1.807, 2.05) is 13.0 Å². The number of aliphatic carboxylic acids is 1. The van der Waals surface area contributed by atoms with Crippen molar-refractivity contribution in [1.29, 1.82) is 5.26 Å². The Morgan fingerprint density at radius 1 is 1.48 bits per heavy atom.